The number of benzene rings is 2. The van der Waals surface area contributed by atoms with E-state index in [0.29, 0.717) is 32.7 Å². The molecule has 2 aromatic carbocycles. The molecule has 2 aliphatic heterocycles. The molecule has 0 bridgehead atoms. The lowest BCUT2D eigenvalue weighted by atomic mass is 10.0. The van der Waals surface area contributed by atoms with E-state index in [0.717, 1.165) is 29.2 Å². The molecule has 9 heteroatoms. The van der Waals surface area contributed by atoms with Gasteiger partial charge in [-0.2, -0.15) is 5.10 Å². The van der Waals surface area contributed by atoms with Gasteiger partial charge in [0.15, 0.2) is 0 Å². The van der Waals surface area contributed by atoms with E-state index in [1.807, 2.05) is 47.8 Å². The lowest BCUT2D eigenvalue weighted by Gasteiger charge is -2.31. The zero-order chi connectivity index (χ0) is 25.6. The van der Waals surface area contributed by atoms with Crippen LogP contribution in [0, 0.1) is 5.82 Å². The Labute approximate surface area is 219 Å². The number of hydrogen-bond donors (Lipinski definition) is 0. The molecule has 0 radical (unpaired) electrons. The Morgan fingerprint density at radius 3 is 2.51 bits per heavy atom. The first-order valence-corrected chi connectivity index (χ1v) is 13.3. The molecule has 2 amide bonds. The third-order valence-electron chi connectivity index (χ3n) is 6.66. The molecular formula is C28H29FN4O3S. The van der Waals surface area contributed by atoms with E-state index < -0.39 is 11.7 Å². The zero-order valence-corrected chi connectivity index (χ0v) is 21.3. The number of carbonyl (C=O) groups excluding carboxylic acids is 2. The van der Waals surface area contributed by atoms with Gasteiger partial charge in [-0.25, -0.2) is 9.40 Å². The highest BCUT2D eigenvalue weighted by Gasteiger charge is 2.35. The Balaban J connectivity index is 1.39. The number of nitrogens with zero attached hydrogens (tertiary/aromatic N) is 4. The standard InChI is InChI=1S/C28H29FN4O3S/c29-23-10-5-4-9-22(23)28(35)32(13-12-31-14-16-36-17-15-31)20-27(34)33-25(21-7-2-1-3-8-21)19-24(30-33)26-11-6-18-37-26/h1-11,18,25H,12-17,19-20H2/t25-/m1/s1. The summed E-state index contributed by atoms with van der Waals surface area (Å²) in [5.41, 5.74) is 1.78. The van der Waals surface area contributed by atoms with Gasteiger partial charge >= 0.3 is 0 Å². The summed E-state index contributed by atoms with van der Waals surface area (Å²) in [4.78, 5) is 31.8. The number of morpholine rings is 1. The first-order chi connectivity index (χ1) is 18.1. The second-order valence-electron chi connectivity index (χ2n) is 9.05. The van der Waals surface area contributed by atoms with Crippen molar-refractivity contribution < 1.29 is 18.7 Å². The minimum Gasteiger partial charge on any atom is -0.379 e. The van der Waals surface area contributed by atoms with Gasteiger partial charge in [0.2, 0.25) is 0 Å². The van der Waals surface area contributed by atoms with Crippen molar-refractivity contribution in [2.24, 2.45) is 5.10 Å². The number of carbonyl (C=O) groups is 2. The Bertz CT molecular complexity index is 1250. The van der Waals surface area contributed by atoms with Crippen molar-refractivity contribution in [1.29, 1.82) is 0 Å². The number of hydrazone groups is 1. The van der Waals surface area contributed by atoms with Crippen molar-refractivity contribution >= 4 is 28.9 Å². The Hall–Kier alpha value is -3.40. The fourth-order valence-electron chi connectivity index (χ4n) is 4.65. The van der Waals surface area contributed by atoms with Gasteiger partial charge in [-0.05, 0) is 29.1 Å². The molecule has 3 heterocycles. The highest BCUT2D eigenvalue weighted by molar-refractivity contribution is 7.12. The first-order valence-electron chi connectivity index (χ1n) is 12.4. The quantitative estimate of drug-likeness (QED) is 0.450. The van der Waals surface area contributed by atoms with Gasteiger partial charge in [0, 0.05) is 32.6 Å². The molecule has 0 aliphatic carbocycles. The number of rotatable bonds is 8. The predicted molar refractivity (Wildman–Crippen MR) is 141 cm³/mol. The van der Waals surface area contributed by atoms with Gasteiger partial charge in [-0.1, -0.05) is 48.5 Å². The number of ether oxygens (including phenoxy) is 1. The lowest BCUT2D eigenvalue weighted by molar-refractivity contribution is -0.133. The molecule has 1 fully saturated rings. The normalized spacial score (nSPS) is 18.0. The molecular weight excluding hydrogens is 491 g/mol. The molecule has 192 valence electrons. The Kier molecular flexibility index (Phi) is 8.03. The third-order valence-corrected chi connectivity index (χ3v) is 7.58. The van der Waals surface area contributed by atoms with E-state index in [1.54, 1.807) is 23.5 Å². The maximum atomic E-state index is 14.5. The maximum Gasteiger partial charge on any atom is 0.262 e. The van der Waals surface area contributed by atoms with Crippen LogP contribution in [0.1, 0.15) is 33.3 Å². The van der Waals surface area contributed by atoms with Crippen LogP contribution in [0.3, 0.4) is 0 Å². The Morgan fingerprint density at radius 2 is 1.78 bits per heavy atom. The van der Waals surface area contributed by atoms with Gasteiger partial charge in [0.1, 0.15) is 12.4 Å². The molecule has 2 aliphatic rings. The van der Waals surface area contributed by atoms with E-state index in [-0.39, 0.29) is 24.1 Å². The average Bonchev–Trinajstić information content (AvgIpc) is 3.63. The maximum absolute atomic E-state index is 14.5. The summed E-state index contributed by atoms with van der Waals surface area (Å²) in [6.45, 7) is 3.45. The summed E-state index contributed by atoms with van der Waals surface area (Å²) in [7, 11) is 0. The van der Waals surface area contributed by atoms with Crippen LogP contribution in [0.5, 0.6) is 0 Å². The fraction of sp³-hybridized carbons (Fsp3) is 0.321. The van der Waals surface area contributed by atoms with Crippen LogP contribution >= 0.6 is 11.3 Å². The van der Waals surface area contributed by atoms with Crippen LogP contribution in [-0.2, 0) is 9.53 Å². The molecule has 3 aromatic rings. The highest BCUT2D eigenvalue weighted by Crippen LogP contribution is 2.33. The van der Waals surface area contributed by atoms with E-state index in [1.165, 1.54) is 22.0 Å². The molecule has 0 unspecified atom stereocenters. The van der Waals surface area contributed by atoms with Crippen LogP contribution < -0.4 is 0 Å². The molecule has 0 N–H and O–H groups in total. The van der Waals surface area contributed by atoms with Crippen LogP contribution in [0.25, 0.3) is 0 Å². The largest absolute Gasteiger partial charge is 0.379 e. The number of hydrogen-bond acceptors (Lipinski definition) is 6. The molecule has 1 saturated heterocycles. The van der Waals surface area contributed by atoms with Gasteiger partial charge in [-0.3, -0.25) is 14.5 Å². The minimum absolute atomic E-state index is 0.0407. The van der Waals surface area contributed by atoms with Crippen molar-refractivity contribution in [3.05, 3.63) is 93.9 Å². The second kappa shape index (κ2) is 11.8. The van der Waals surface area contributed by atoms with Crippen molar-refractivity contribution in [2.75, 3.05) is 45.9 Å². The minimum atomic E-state index is -0.599. The summed E-state index contributed by atoms with van der Waals surface area (Å²) in [5.74, 6) is -1.40. The van der Waals surface area contributed by atoms with Crippen molar-refractivity contribution in [1.82, 2.24) is 14.8 Å². The third kappa shape index (κ3) is 5.95. The van der Waals surface area contributed by atoms with E-state index in [4.69, 9.17) is 9.84 Å². The molecule has 7 nitrogen and oxygen atoms in total. The summed E-state index contributed by atoms with van der Waals surface area (Å²) in [6, 6.07) is 19.4. The van der Waals surface area contributed by atoms with Crippen LogP contribution in [0.2, 0.25) is 0 Å². The van der Waals surface area contributed by atoms with E-state index in [9.17, 15) is 14.0 Å². The molecule has 0 saturated carbocycles. The summed E-state index contributed by atoms with van der Waals surface area (Å²) in [6.07, 6.45) is 0.589. The average molecular weight is 521 g/mol. The zero-order valence-electron chi connectivity index (χ0n) is 20.5. The van der Waals surface area contributed by atoms with Crippen LogP contribution in [-0.4, -0.2) is 78.3 Å². The molecule has 1 atom stereocenters. The van der Waals surface area contributed by atoms with E-state index in [2.05, 4.69) is 4.90 Å². The first kappa shape index (κ1) is 25.3. The van der Waals surface area contributed by atoms with Gasteiger partial charge in [-0.15, -0.1) is 11.3 Å². The smallest absolute Gasteiger partial charge is 0.262 e. The highest BCUT2D eigenvalue weighted by atomic mass is 32.1. The van der Waals surface area contributed by atoms with Gasteiger partial charge in [0.05, 0.1) is 35.4 Å². The van der Waals surface area contributed by atoms with Gasteiger partial charge < -0.3 is 9.64 Å². The monoisotopic (exact) mass is 520 g/mol. The molecule has 1 aromatic heterocycles. The van der Waals surface area contributed by atoms with Gasteiger partial charge in [0.25, 0.3) is 11.8 Å². The van der Waals surface area contributed by atoms with Crippen LogP contribution in [0.4, 0.5) is 4.39 Å². The molecule has 5 rings (SSSR count). The van der Waals surface area contributed by atoms with Crippen molar-refractivity contribution in [2.45, 2.75) is 12.5 Å². The number of halogens is 1. The molecule has 37 heavy (non-hydrogen) atoms. The predicted octanol–water partition coefficient (Wildman–Crippen LogP) is 4.04. The lowest BCUT2D eigenvalue weighted by Crippen LogP contribution is -2.46. The summed E-state index contributed by atoms with van der Waals surface area (Å²) in [5, 5.41) is 8.20. The topological polar surface area (TPSA) is 65.5 Å². The SMILES string of the molecule is O=C(c1ccccc1F)N(CCN1CCOCC1)CC(=O)N1N=C(c2cccs2)C[C@@H]1c1ccccc1. The van der Waals surface area contributed by atoms with Crippen molar-refractivity contribution in [3.63, 3.8) is 0 Å². The second-order valence-corrected chi connectivity index (χ2v) is 10.0. The summed E-state index contributed by atoms with van der Waals surface area (Å²) < 4.78 is 20.0. The van der Waals surface area contributed by atoms with Crippen LogP contribution in [0.15, 0.2) is 77.2 Å². The fourth-order valence-corrected chi connectivity index (χ4v) is 5.37. The number of amides is 2. The Morgan fingerprint density at radius 1 is 1.03 bits per heavy atom. The molecule has 0 spiro atoms. The summed E-state index contributed by atoms with van der Waals surface area (Å²) >= 11 is 1.58. The van der Waals surface area contributed by atoms with Crippen molar-refractivity contribution in [3.8, 4) is 0 Å². The van der Waals surface area contributed by atoms with E-state index >= 15 is 0 Å². The number of thiophene rings is 1.